The predicted octanol–water partition coefficient (Wildman–Crippen LogP) is 4.11. The van der Waals surface area contributed by atoms with Crippen LogP contribution in [0.15, 0.2) is 79.3 Å². The zero-order valence-electron chi connectivity index (χ0n) is 19.2. The van der Waals surface area contributed by atoms with Crippen LogP contribution in [-0.4, -0.2) is 58.0 Å². The van der Waals surface area contributed by atoms with Crippen molar-refractivity contribution in [3.63, 3.8) is 0 Å². The lowest BCUT2D eigenvalue weighted by atomic mass is 10.0. The minimum absolute atomic E-state index is 0.126. The molecule has 1 fully saturated rings. The lowest BCUT2D eigenvalue weighted by molar-refractivity contribution is -0.131. The molecule has 7 heteroatoms. The van der Waals surface area contributed by atoms with Gasteiger partial charge in [-0.2, -0.15) is 0 Å². The third kappa shape index (κ3) is 5.03. The maximum atomic E-state index is 13.5. The number of fused-ring (bicyclic) bond motifs is 1. The van der Waals surface area contributed by atoms with Gasteiger partial charge in [-0.05, 0) is 43.0 Å². The molecule has 1 amide bonds. The molecule has 1 unspecified atom stereocenters. The van der Waals surface area contributed by atoms with E-state index in [1.807, 2.05) is 48.7 Å². The van der Waals surface area contributed by atoms with Crippen LogP contribution in [0, 0.1) is 0 Å². The van der Waals surface area contributed by atoms with Gasteiger partial charge in [0.1, 0.15) is 17.8 Å². The maximum absolute atomic E-state index is 13.5. The third-order valence-electron chi connectivity index (χ3n) is 6.49. The molecule has 0 radical (unpaired) electrons. The van der Waals surface area contributed by atoms with Gasteiger partial charge in [-0.15, -0.1) is 0 Å². The molecule has 34 heavy (non-hydrogen) atoms. The summed E-state index contributed by atoms with van der Waals surface area (Å²) in [4.78, 5) is 29.9. The number of aromatic amines is 1. The van der Waals surface area contributed by atoms with Crippen molar-refractivity contribution in [2.75, 3.05) is 36.4 Å². The van der Waals surface area contributed by atoms with Crippen LogP contribution in [-0.2, 0) is 11.2 Å². The van der Waals surface area contributed by atoms with Crippen LogP contribution in [0.1, 0.15) is 18.4 Å². The number of benzene rings is 2. The van der Waals surface area contributed by atoms with Gasteiger partial charge in [0.2, 0.25) is 5.91 Å². The van der Waals surface area contributed by atoms with E-state index in [0.717, 1.165) is 54.9 Å². The summed E-state index contributed by atoms with van der Waals surface area (Å²) >= 11 is 0. The summed E-state index contributed by atoms with van der Waals surface area (Å²) in [7, 11) is 0. The highest BCUT2D eigenvalue weighted by Crippen LogP contribution is 2.27. The smallest absolute Gasteiger partial charge is 0.242 e. The van der Waals surface area contributed by atoms with Crippen molar-refractivity contribution in [3.8, 4) is 0 Å². The number of hydrogen-bond donors (Lipinski definition) is 2. The van der Waals surface area contributed by atoms with Crippen molar-refractivity contribution in [2.24, 2.45) is 0 Å². The van der Waals surface area contributed by atoms with E-state index in [1.165, 1.54) is 5.56 Å². The fraction of sp³-hybridized carbons (Fsp3) is 0.296. The number of nitrogens with zero attached hydrogens (tertiary/aromatic N) is 4. The predicted molar refractivity (Wildman–Crippen MR) is 136 cm³/mol. The average Bonchev–Trinajstić information content (AvgIpc) is 3.38. The Morgan fingerprint density at radius 2 is 1.85 bits per heavy atom. The summed E-state index contributed by atoms with van der Waals surface area (Å²) < 4.78 is 0. The van der Waals surface area contributed by atoms with Gasteiger partial charge in [0.15, 0.2) is 0 Å². The summed E-state index contributed by atoms with van der Waals surface area (Å²) in [5.74, 6) is 1.06. The van der Waals surface area contributed by atoms with E-state index in [1.54, 1.807) is 6.33 Å². The average molecular weight is 455 g/mol. The van der Waals surface area contributed by atoms with Crippen LogP contribution in [0.2, 0.25) is 0 Å². The van der Waals surface area contributed by atoms with Crippen molar-refractivity contribution >= 4 is 28.4 Å². The highest BCUT2D eigenvalue weighted by molar-refractivity contribution is 5.87. The fourth-order valence-electron chi connectivity index (χ4n) is 4.75. The Balaban J connectivity index is 1.33. The van der Waals surface area contributed by atoms with Crippen molar-refractivity contribution in [1.29, 1.82) is 0 Å². The molecule has 1 aliphatic rings. The molecule has 4 aromatic rings. The van der Waals surface area contributed by atoms with Crippen molar-refractivity contribution < 1.29 is 4.79 Å². The van der Waals surface area contributed by atoms with Gasteiger partial charge in [-0.1, -0.05) is 48.5 Å². The number of nitrogens with one attached hydrogen (secondary N) is 2. The Bertz CT molecular complexity index is 1210. The molecule has 174 valence electrons. The molecule has 7 nitrogen and oxygen atoms in total. The molecule has 5 rings (SSSR count). The number of para-hydroxylation sites is 1. The van der Waals surface area contributed by atoms with Crippen molar-refractivity contribution in [2.45, 2.75) is 25.3 Å². The molecular formula is C27H30N6O. The summed E-state index contributed by atoms with van der Waals surface area (Å²) in [6, 6.07) is 22.4. The van der Waals surface area contributed by atoms with Crippen LogP contribution < -0.4 is 10.2 Å². The number of rotatable bonds is 8. The lowest BCUT2D eigenvalue weighted by Crippen LogP contribution is -2.52. The number of anilines is 2. The molecule has 1 atom stereocenters. The first-order valence-corrected chi connectivity index (χ1v) is 11.9. The van der Waals surface area contributed by atoms with E-state index < -0.39 is 0 Å². The van der Waals surface area contributed by atoms with Gasteiger partial charge in [0.05, 0.1) is 11.9 Å². The molecule has 0 aliphatic carbocycles. The van der Waals surface area contributed by atoms with Crippen LogP contribution >= 0.6 is 0 Å². The van der Waals surface area contributed by atoms with Gasteiger partial charge in [-0.25, -0.2) is 9.97 Å². The Morgan fingerprint density at radius 3 is 2.68 bits per heavy atom. The lowest BCUT2D eigenvalue weighted by Gasteiger charge is -2.40. The second kappa shape index (κ2) is 10.4. The molecule has 2 aromatic carbocycles. The van der Waals surface area contributed by atoms with E-state index in [2.05, 4.69) is 54.3 Å². The van der Waals surface area contributed by atoms with E-state index in [-0.39, 0.29) is 18.5 Å². The van der Waals surface area contributed by atoms with Crippen molar-refractivity contribution in [1.82, 2.24) is 19.9 Å². The molecule has 1 aliphatic heterocycles. The molecule has 1 saturated heterocycles. The SMILES string of the molecule is O=C(CNc1ccccc1)N(CCc1ccccc1)C1CCCN(c2ncnc3[nH]ccc23)C1. The molecule has 2 aromatic heterocycles. The number of carbonyl (C=O) groups excluding carboxylic acids is 1. The number of amides is 1. The Morgan fingerprint density at radius 1 is 1.06 bits per heavy atom. The first-order valence-electron chi connectivity index (χ1n) is 11.9. The molecular weight excluding hydrogens is 424 g/mol. The summed E-state index contributed by atoms with van der Waals surface area (Å²) in [5.41, 5.74) is 3.05. The first-order chi connectivity index (χ1) is 16.8. The topological polar surface area (TPSA) is 77.2 Å². The summed E-state index contributed by atoms with van der Waals surface area (Å²) in [6.45, 7) is 2.67. The van der Waals surface area contributed by atoms with Gasteiger partial charge >= 0.3 is 0 Å². The summed E-state index contributed by atoms with van der Waals surface area (Å²) in [5, 5.41) is 4.32. The van der Waals surface area contributed by atoms with Gasteiger partial charge in [0.25, 0.3) is 0 Å². The Hall–Kier alpha value is -3.87. The van der Waals surface area contributed by atoms with Crippen LogP contribution in [0.5, 0.6) is 0 Å². The molecule has 0 spiro atoms. The quantitative estimate of drug-likeness (QED) is 0.419. The minimum Gasteiger partial charge on any atom is -0.376 e. The first kappa shape index (κ1) is 21.9. The number of carbonyl (C=O) groups is 1. The van der Waals surface area contributed by atoms with Crippen LogP contribution in [0.25, 0.3) is 11.0 Å². The maximum Gasteiger partial charge on any atom is 0.242 e. The Labute approximate surface area is 199 Å². The van der Waals surface area contributed by atoms with E-state index in [0.29, 0.717) is 6.54 Å². The number of hydrogen-bond acceptors (Lipinski definition) is 5. The monoisotopic (exact) mass is 454 g/mol. The molecule has 0 saturated carbocycles. The number of aromatic nitrogens is 3. The highest BCUT2D eigenvalue weighted by atomic mass is 16.2. The van der Waals surface area contributed by atoms with Crippen molar-refractivity contribution in [3.05, 3.63) is 84.8 Å². The van der Waals surface area contributed by atoms with E-state index >= 15 is 0 Å². The van der Waals surface area contributed by atoms with Gasteiger partial charge in [-0.3, -0.25) is 4.79 Å². The number of H-pyrrole nitrogens is 1. The van der Waals surface area contributed by atoms with Crippen LogP contribution in [0.3, 0.4) is 0 Å². The van der Waals surface area contributed by atoms with E-state index in [9.17, 15) is 4.79 Å². The second-order valence-corrected chi connectivity index (χ2v) is 8.72. The fourth-order valence-corrected chi connectivity index (χ4v) is 4.75. The third-order valence-corrected chi connectivity index (χ3v) is 6.49. The van der Waals surface area contributed by atoms with Crippen LogP contribution in [0.4, 0.5) is 11.5 Å². The zero-order valence-corrected chi connectivity index (χ0v) is 19.2. The molecule has 2 N–H and O–H groups in total. The zero-order chi connectivity index (χ0) is 23.2. The molecule has 3 heterocycles. The molecule has 0 bridgehead atoms. The van der Waals surface area contributed by atoms with Gasteiger partial charge < -0.3 is 20.1 Å². The second-order valence-electron chi connectivity index (χ2n) is 8.72. The largest absolute Gasteiger partial charge is 0.376 e. The standard InChI is InChI=1S/C27H30N6O/c34-25(18-29-22-10-5-2-6-11-22)33(17-14-21-8-3-1-4-9-21)23-12-7-16-32(19-23)27-24-13-15-28-26(24)30-20-31-27/h1-6,8-11,13,15,20,23,29H,7,12,14,16-19H2,(H,28,30,31). The normalized spacial score (nSPS) is 15.9. The highest BCUT2D eigenvalue weighted by Gasteiger charge is 2.29. The summed E-state index contributed by atoms with van der Waals surface area (Å²) in [6.07, 6.45) is 6.35. The number of piperidine rings is 1. The minimum atomic E-state index is 0.126. The van der Waals surface area contributed by atoms with E-state index in [4.69, 9.17) is 0 Å². The van der Waals surface area contributed by atoms with Gasteiger partial charge in [0, 0.05) is 37.6 Å². The Kier molecular flexibility index (Phi) is 6.70.